The van der Waals surface area contributed by atoms with Gasteiger partial charge in [0.2, 0.25) is 10.8 Å². The third-order valence-corrected chi connectivity index (χ3v) is 5.24. The molecular weight excluding hydrogens is 298 g/mol. The Balaban J connectivity index is 1.91. The van der Waals surface area contributed by atoms with Crippen LogP contribution in [-0.4, -0.2) is 17.6 Å². The molecule has 2 N–H and O–H groups in total. The maximum absolute atomic E-state index is 12.8. The fraction of sp³-hybridized carbons (Fsp3) is 0.125. The second-order valence-corrected chi connectivity index (χ2v) is 6.31. The number of rotatable bonds is 1. The number of amides is 2. The van der Waals surface area contributed by atoms with Crippen molar-refractivity contribution in [3.05, 3.63) is 60.2 Å². The van der Waals surface area contributed by atoms with Gasteiger partial charge in [0.1, 0.15) is 0 Å². The van der Waals surface area contributed by atoms with Gasteiger partial charge in [0, 0.05) is 11.3 Å². The first kappa shape index (κ1) is 13.2. The fourth-order valence-electron chi connectivity index (χ4n) is 2.88. The molecule has 0 bridgehead atoms. The molecular formula is C16H13N3O2S. The first-order valence-electron chi connectivity index (χ1n) is 6.91. The molecule has 2 aliphatic rings. The van der Waals surface area contributed by atoms with Gasteiger partial charge in [-0.2, -0.15) is 0 Å². The van der Waals surface area contributed by atoms with E-state index in [1.165, 1.54) is 11.8 Å². The number of carbonyl (C=O) groups is 2. The zero-order valence-corrected chi connectivity index (χ0v) is 12.4. The molecule has 0 unspecified atom stereocenters. The molecule has 1 saturated heterocycles. The molecule has 22 heavy (non-hydrogen) atoms. The summed E-state index contributed by atoms with van der Waals surface area (Å²) in [7, 11) is 0. The van der Waals surface area contributed by atoms with Gasteiger partial charge in [-0.15, -0.1) is 11.8 Å². The van der Waals surface area contributed by atoms with E-state index in [4.69, 9.17) is 0 Å². The van der Waals surface area contributed by atoms with Crippen LogP contribution in [-0.2, 0) is 14.5 Å². The Bertz CT molecular complexity index is 765. The molecule has 2 amide bonds. The SMILES string of the molecule is O=C1CS[C@@]2(C(=O)Nc3ccccc32)N(c2ccccc2)N1. The molecule has 6 heteroatoms. The highest BCUT2D eigenvalue weighted by molar-refractivity contribution is 8.01. The zero-order chi connectivity index (χ0) is 15.2. The van der Waals surface area contributed by atoms with Gasteiger partial charge in [-0.3, -0.25) is 20.0 Å². The number of carbonyl (C=O) groups excluding carboxylic acids is 2. The number of nitrogens with zero attached hydrogens (tertiary/aromatic N) is 1. The minimum absolute atomic E-state index is 0.114. The van der Waals surface area contributed by atoms with Gasteiger partial charge >= 0.3 is 0 Å². The van der Waals surface area contributed by atoms with E-state index in [0.717, 1.165) is 16.9 Å². The van der Waals surface area contributed by atoms with E-state index in [1.54, 1.807) is 5.01 Å². The van der Waals surface area contributed by atoms with E-state index < -0.39 is 4.87 Å². The van der Waals surface area contributed by atoms with Crippen molar-refractivity contribution in [2.75, 3.05) is 16.1 Å². The summed E-state index contributed by atoms with van der Waals surface area (Å²) < 4.78 is 0. The Morgan fingerprint density at radius 3 is 2.55 bits per heavy atom. The average molecular weight is 311 g/mol. The molecule has 110 valence electrons. The maximum Gasteiger partial charge on any atom is 0.267 e. The topological polar surface area (TPSA) is 61.4 Å². The normalized spacial score (nSPS) is 23.2. The van der Waals surface area contributed by atoms with E-state index in [1.807, 2.05) is 54.6 Å². The van der Waals surface area contributed by atoms with Crippen molar-refractivity contribution in [3.63, 3.8) is 0 Å². The Kier molecular flexibility index (Phi) is 2.87. The lowest BCUT2D eigenvalue weighted by Crippen LogP contribution is -2.61. The van der Waals surface area contributed by atoms with Crippen molar-refractivity contribution >= 4 is 35.0 Å². The summed E-state index contributed by atoms with van der Waals surface area (Å²) in [5, 5.41) is 4.59. The summed E-state index contributed by atoms with van der Waals surface area (Å²) in [6.45, 7) is 0. The zero-order valence-electron chi connectivity index (χ0n) is 11.6. The van der Waals surface area contributed by atoms with Gasteiger partial charge in [0.05, 0.1) is 11.4 Å². The fourth-order valence-corrected chi connectivity index (χ4v) is 4.08. The van der Waals surface area contributed by atoms with Crippen LogP contribution >= 0.6 is 11.8 Å². The minimum atomic E-state index is -0.966. The van der Waals surface area contributed by atoms with Gasteiger partial charge < -0.3 is 5.32 Å². The minimum Gasteiger partial charge on any atom is -0.322 e. The third kappa shape index (κ3) is 1.74. The van der Waals surface area contributed by atoms with Crippen LogP contribution in [0.4, 0.5) is 11.4 Å². The monoisotopic (exact) mass is 311 g/mol. The van der Waals surface area contributed by atoms with E-state index in [0.29, 0.717) is 0 Å². The number of thioether (sulfide) groups is 1. The Hall–Kier alpha value is -2.47. The molecule has 1 atom stereocenters. The molecule has 2 aromatic carbocycles. The number of hydrogen-bond donors (Lipinski definition) is 2. The molecule has 4 rings (SSSR count). The summed E-state index contributed by atoms with van der Waals surface area (Å²) >= 11 is 1.34. The average Bonchev–Trinajstić information content (AvgIpc) is 2.83. The van der Waals surface area contributed by atoms with Gasteiger partial charge in [-0.05, 0) is 18.2 Å². The Labute approximate surface area is 131 Å². The number of para-hydroxylation sites is 2. The predicted molar refractivity (Wildman–Crippen MR) is 86.3 cm³/mol. The van der Waals surface area contributed by atoms with E-state index in [-0.39, 0.29) is 17.6 Å². The molecule has 2 aromatic rings. The lowest BCUT2D eigenvalue weighted by Gasteiger charge is -2.43. The largest absolute Gasteiger partial charge is 0.322 e. The van der Waals surface area contributed by atoms with Crippen LogP contribution in [0.1, 0.15) is 5.56 Å². The van der Waals surface area contributed by atoms with Crippen LogP contribution in [0.3, 0.4) is 0 Å². The van der Waals surface area contributed by atoms with E-state index >= 15 is 0 Å². The number of anilines is 2. The molecule has 0 radical (unpaired) electrons. The molecule has 2 heterocycles. The molecule has 0 saturated carbocycles. The van der Waals surface area contributed by atoms with Crippen LogP contribution in [0.25, 0.3) is 0 Å². The van der Waals surface area contributed by atoms with E-state index in [2.05, 4.69) is 10.7 Å². The lowest BCUT2D eigenvalue weighted by molar-refractivity contribution is -0.121. The molecule has 0 aliphatic carbocycles. The summed E-state index contributed by atoms with van der Waals surface area (Å²) in [6, 6.07) is 17.0. The highest BCUT2D eigenvalue weighted by Gasteiger charge is 2.55. The van der Waals surface area contributed by atoms with Crippen LogP contribution < -0.4 is 15.8 Å². The Morgan fingerprint density at radius 2 is 1.73 bits per heavy atom. The summed E-state index contributed by atoms with van der Waals surface area (Å²) in [4.78, 5) is 23.7. The molecule has 1 fully saturated rings. The summed E-state index contributed by atoms with van der Waals surface area (Å²) in [5.41, 5.74) is 5.28. The summed E-state index contributed by atoms with van der Waals surface area (Å²) in [5.74, 6) is -0.00957. The number of benzene rings is 2. The smallest absolute Gasteiger partial charge is 0.267 e. The van der Waals surface area contributed by atoms with Crippen molar-refractivity contribution in [3.8, 4) is 0 Å². The lowest BCUT2D eigenvalue weighted by atomic mass is 10.1. The summed E-state index contributed by atoms with van der Waals surface area (Å²) in [6.07, 6.45) is 0. The number of hydrogen-bond acceptors (Lipinski definition) is 4. The first-order chi connectivity index (χ1) is 10.7. The highest BCUT2D eigenvalue weighted by Crippen LogP contribution is 2.50. The standard InChI is InChI=1S/C16H13N3O2S/c20-14-10-22-16(19(18-14)11-6-2-1-3-7-11)12-8-4-5-9-13(12)17-15(16)21/h1-9H,10H2,(H,17,21)(H,18,20)/t16-/m0/s1. The van der Waals surface area contributed by atoms with Crippen molar-refractivity contribution < 1.29 is 9.59 Å². The van der Waals surface area contributed by atoms with Gasteiger partial charge in [-0.25, -0.2) is 0 Å². The number of nitrogens with one attached hydrogen (secondary N) is 2. The predicted octanol–water partition coefficient (Wildman–Crippen LogP) is 2.08. The van der Waals surface area contributed by atoms with Crippen molar-refractivity contribution in [2.45, 2.75) is 4.87 Å². The third-order valence-electron chi connectivity index (χ3n) is 3.83. The van der Waals surface area contributed by atoms with Crippen molar-refractivity contribution in [1.29, 1.82) is 0 Å². The number of fused-ring (bicyclic) bond motifs is 2. The van der Waals surface area contributed by atoms with Gasteiger partial charge in [0.15, 0.2) is 0 Å². The van der Waals surface area contributed by atoms with Crippen molar-refractivity contribution in [1.82, 2.24) is 5.43 Å². The van der Waals surface area contributed by atoms with Crippen LogP contribution in [0.2, 0.25) is 0 Å². The van der Waals surface area contributed by atoms with Gasteiger partial charge in [0.25, 0.3) is 5.91 Å². The molecule has 0 aromatic heterocycles. The second kappa shape index (κ2) is 4.78. The first-order valence-corrected chi connectivity index (χ1v) is 7.90. The van der Waals surface area contributed by atoms with Crippen molar-refractivity contribution in [2.24, 2.45) is 0 Å². The van der Waals surface area contributed by atoms with E-state index in [9.17, 15) is 9.59 Å². The van der Waals surface area contributed by atoms with Gasteiger partial charge in [-0.1, -0.05) is 36.4 Å². The second-order valence-electron chi connectivity index (χ2n) is 5.14. The van der Waals surface area contributed by atoms with Crippen LogP contribution in [0.5, 0.6) is 0 Å². The number of hydrazine groups is 1. The molecule has 1 spiro atoms. The van der Waals surface area contributed by atoms with Crippen LogP contribution in [0, 0.1) is 0 Å². The molecule has 5 nitrogen and oxygen atoms in total. The Morgan fingerprint density at radius 1 is 1.00 bits per heavy atom. The molecule has 2 aliphatic heterocycles. The quantitative estimate of drug-likeness (QED) is 0.846. The highest BCUT2D eigenvalue weighted by atomic mass is 32.2. The van der Waals surface area contributed by atoms with Crippen LogP contribution in [0.15, 0.2) is 54.6 Å². The maximum atomic E-state index is 12.8.